The van der Waals surface area contributed by atoms with Crippen LogP contribution in [0.4, 0.5) is 0 Å². The van der Waals surface area contributed by atoms with Gasteiger partial charge in [-0.1, -0.05) is 32.0 Å². The van der Waals surface area contributed by atoms with E-state index in [1.165, 1.54) is 22.0 Å². The monoisotopic (exact) mass is 216 g/mol. The molecule has 0 atom stereocenters. The predicted molar refractivity (Wildman–Crippen MR) is 69.6 cm³/mol. The van der Waals surface area contributed by atoms with E-state index in [0.29, 0.717) is 6.04 Å². The maximum absolute atomic E-state index is 3.47. The lowest BCUT2D eigenvalue weighted by Gasteiger charge is -2.06. The molecule has 1 aromatic heterocycles. The zero-order chi connectivity index (χ0) is 11.7. The molecule has 0 amide bonds. The van der Waals surface area contributed by atoms with E-state index in [2.05, 4.69) is 62.1 Å². The van der Waals surface area contributed by atoms with Crippen LogP contribution in [0.5, 0.6) is 0 Å². The van der Waals surface area contributed by atoms with E-state index >= 15 is 0 Å². The van der Waals surface area contributed by atoms with E-state index in [-0.39, 0.29) is 0 Å². The maximum Gasteiger partial charge on any atom is 0.0510 e. The molecular weight excluding hydrogens is 196 g/mol. The van der Waals surface area contributed by atoms with Crippen LogP contribution in [-0.2, 0) is 13.6 Å². The smallest absolute Gasteiger partial charge is 0.0510 e. The second-order valence-corrected chi connectivity index (χ2v) is 4.77. The van der Waals surface area contributed by atoms with Crippen LogP contribution in [0.25, 0.3) is 10.9 Å². The van der Waals surface area contributed by atoms with Crippen LogP contribution in [0.2, 0.25) is 0 Å². The summed E-state index contributed by atoms with van der Waals surface area (Å²) in [7, 11) is 2.12. The van der Waals surface area contributed by atoms with Crippen LogP contribution in [0.1, 0.15) is 25.0 Å². The first kappa shape index (κ1) is 11.2. The summed E-state index contributed by atoms with van der Waals surface area (Å²) >= 11 is 0. The van der Waals surface area contributed by atoms with Gasteiger partial charge in [-0.25, -0.2) is 0 Å². The van der Waals surface area contributed by atoms with Gasteiger partial charge in [-0.05, 0) is 18.1 Å². The van der Waals surface area contributed by atoms with Crippen molar-refractivity contribution in [2.24, 2.45) is 7.05 Å². The number of aromatic nitrogens is 1. The minimum absolute atomic E-state index is 0.528. The first-order valence-corrected chi connectivity index (χ1v) is 5.86. The molecule has 0 saturated carbocycles. The summed E-state index contributed by atoms with van der Waals surface area (Å²) in [6.45, 7) is 7.47. The molecule has 2 heteroatoms. The summed E-state index contributed by atoms with van der Waals surface area (Å²) in [5.74, 6) is 0. The lowest BCUT2D eigenvalue weighted by atomic mass is 10.1. The first-order valence-electron chi connectivity index (χ1n) is 5.86. The zero-order valence-electron chi connectivity index (χ0n) is 10.5. The van der Waals surface area contributed by atoms with Gasteiger partial charge in [0.25, 0.3) is 0 Å². The summed E-state index contributed by atoms with van der Waals surface area (Å²) in [6, 6.07) is 7.04. The van der Waals surface area contributed by atoms with Crippen molar-refractivity contribution in [3.8, 4) is 0 Å². The van der Waals surface area contributed by atoms with Gasteiger partial charge >= 0.3 is 0 Å². The molecule has 16 heavy (non-hydrogen) atoms. The molecule has 0 radical (unpaired) electrons. The van der Waals surface area contributed by atoms with Crippen molar-refractivity contribution in [3.05, 3.63) is 35.5 Å². The van der Waals surface area contributed by atoms with E-state index in [1.54, 1.807) is 0 Å². The number of nitrogens with one attached hydrogen (secondary N) is 1. The van der Waals surface area contributed by atoms with Gasteiger partial charge in [-0.2, -0.15) is 0 Å². The van der Waals surface area contributed by atoms with Crippen LogP contribution in [-0.4, -0.2) is 10.6 Å². The van der Waals surface area contributed by atoms with E-state index in [1.807, 2.05) is 0 Å². The standard InChI is InChI=1S/C14H20N2/c1-10(2)15-8-12-9-16(4)14-11(3)6-5-7-13(12)14/h5-7,9-10,15H,8H2,1-4H3. The van der Waals surface area contributed by atoms with Crippen molar-refractivity contribution in [1.82, 2.24) is 9.88 Å². The third-order valence-electron chi connectivity index (χ3n) is 2.99. The highest BCUT2D eigenvalue weighted by molar-refractivity contribution is 5.86. The van der Waals surface area contributed by atoms with Crippen molar-refractivity contribution in [1.29, 1.82) is 0 Å². The lowest BCUT2D eigenvalue weighted by molar-refractivity contribution is 0.590. The van der Waals surface area contributed by atoms with Crippen LogP contribution in [0, 0.1) is 6.92 Å². The minimum atomic E-state index is 0.528. The summed E-state index contributed by atoms with van der Waals surface area (Å²) in [6.07, 6.45) is 2.23. The molecular formula is C14H20N2. The lowest BCUT2D eigenvalue weighted by Crippen LogP contribution is -2.21. The third-order valence-corrected chi connectivity index (χ3v) is 2.99. The SMILES string of the molecule is Cc1cccc2c(CNC(C)C)cn(C)c12. The molecule has 86 valence electrons. The molecule has 2 nitrogen and oxygen atoms in total. The van der Waals surface area contributed by atoms with Crippen molar-refractivity contribution in [3.63, 3.8) is 0 Å². The molecule has 0 aliphatic heterocycles. The average Bonchev–Trinajstić information content (AvgIpc) is 2.54. The molecule has 0 bridgehead atoms. The molecule has 1 N–H and O–H groups in total. The Morgan fingerprint density at radius 2 is 2.06 bits per heavy atom. The Morgan fingerprint density at radius 1 is 1.31 bits per heavy atom. The number of hydrogen-bond donors (Lipinski definition) is 1. The molecule has 0 fully saturated rings. The Morgan fingerprint density at radius 3 is 2.75 bits per heavy atom. The Bertz CT molecular complexity index is 495. The molecule has 0 spiro atoms. The second-order valence-electron chi connectivity index (χ2n) is 4.77. The highest BCUT2D eigenvalue weighted by atomic mass is 14.9. The Labute approximate surface area is 97.3 Å². The highest BCUT2D eigenvalue weighted by Crippen LogP contribution is 2.23. The van der Waals surface area contributed by atoms with Gasteiger partial charge in [0.1, 0.15) is 0 Å². The maximum atomic E-state index is 3.47. The Hall–Kier alpha value is -1.28. The molecule has 1 heterocycles. The zero-order valence-corrected chi connectivity index (χ0v) is 10.5. The van der Waals surface area contributed by atoms with Crippen LogP contribution < -0.4 is 5.32 Å². The summed E-state index contributed by atoms with van der Waals surface area (Å²) in [4.78, 5) is 0. The molecule has 0 aliphatic rings. The molecule has 2 rings (SSSR count). The number of hydrogen-bond acceptors (Lipinski definition) is 1. The minimum Gasteiger partial charge on any atom is -0.350 e. The third kappa shape index (κ3) is 1.98. The van der Waals surface area contributed by atoms with E-state index < -0.39 is 0 Å². The fourth-order valence-corrected chi connectivity index (χ4v) is 2.21. The second kappa shape index (κ2) is 4.30. The summed E-state index contributed by atoms with van der Waals surface area (Å²) in [5, 5.41) is 4.84. The molecule has 2 aromatic rings. The number of aryl methyl sites for hydroxylation is 2. The van der Waals surface area contributed by atoms with E-state index in [0.717, 1.165) is 6.54 Å². The van der Waals surface area contributed by atoms with Gasteiger partial charge in [0.15, 0.2) is 0 Å². The van der Waals surface area contributed by atoms with Gasteiger partial charge in [0, 0.05) is 31.2 Å². The van der Waals surface area contributed by atoms with Crippen molar-refractivity contribution < 1.29 is 0 Å². The van der Waals surface area contributed by atoms with Gasteiger partial charge in [-0.15, -0.1) is 0 Å². The normalized spacial score (nSPS) is 11.6. The number of fused-ring (bicyclic) bond motifs is 1. The summed E-state index contributed by atoms with van der Waals surface area (Å²) < 4.78 is 2.22. The van der Waals surface area contributed by atoms with Gasteiger partial charge < -0.3 is 9.88 Å². The van der Waals surface area contributed by atoms with Gasteiger partial charge in [-0.3, -0.25) is 0 Å². The number of para-hydroxylation sites is 1. The Balaban J connectivity index is 2.43. The highest BCUT2D eigenvalue weighted by Gasteiger charge is 2.07. The van der Waals surface area contributed by atoms with Crippen LogP contribution in [0.3, 0.4) is 0 Å². The van der Waals surface area contributed by atoms with Crippen molar-refractivity contribution in [2.75, 3.05) is 0 Å². The van der Waals surface area contributed by atoms with Gasteiger partial charge in [0.05, 0.1) is 5.52 Å². The quantitative estimate of drug-likeness (QED) is 0.834. The first-order chi connectivity index (χ1) is 7.59. The van der Waals surface area contributed by atoms with Crippen LogP contribution in [0.15, 0.2) is 24.4 Å². The van der Waals surface area contributed by atoms with Crippen molar-refractivity contribution in [2.45, 2.75) is 33.4 Å². The largest absolute Gasteiger partial charge is 0.350 e. The predicted octanol–water partition coefficient (Wildman–Crippen LogP) is 2.98. The van der Waals surface area contributed by atoms with E-state index in [9.17, 15) is 0 Å². The summed E-state index contributed by atoms with van der Waals surface area (Å²) in [5.41, 5.74) is 4.08. The van der Waals surface area contributed by atoms with E-state index in [4.69, 9.17) is 0 Å². The molecule has 0 saturated heterocycles. The van der Waals surface area contributed by atoms with Gasteiger partial charge in [0.2, 0.25) is 0 Å². The molecule has 0 aliphatic carbocycles. The number of rotatable bonds is 3. The number of nitrogens with zero attached hydrogens (tertiary/aromatic N) is 1. The fraction of sp³-hybridized carbons (Fsp3) is 0.429. The van der Waals surface area contributed by atoms with Crippen LogP contribution >= 0.6 is 0 Å². The Kier molecular flexibility index (Phi) is 3.01. The number of benzene rings is 1. The molecule has 1 aromatic carbocycles. The molecule has 0 unspecified atom stereocenters. The fourth-order valence-electron chi connectivity index (χ4n) is 2.21. The topological polar surface area (TPSA) is 17.0 Å². The average molecular weight is 216 g/mol. The van der Waals surface area contributed by atoms with Crippen molar-refractivity contribution >= 4 is 10.9 Å².